The van der Waals surface area contributed by atoms with Gasteiger partial charge in [-0.1, -0.05) is 12.1 Å². The summed E-state index contributed by atoms with van der Waals surface area (Å²) in [6.45, 7) is 0.680. The highest BCUT2D eigenvalue weighted by Gasteiger charge is 1.96. The zero-order chi connectivity index (χ0) is 9.80. The van der Waals surface area contributed by atoms with Gasteiger partial charge in [0.25, 0.3) is 0 Å². The lowest BCUT2D eigenvalue weighted by Crippen LogP contribution is -1.99. The smallest absolute Gasteiger partial charge is 0.113 e. The van der Waals surface area contributed by atoms with E-state index < -0.39 is 0 Å². The molecule has 0 unspecified atom stereocenters. The van der Waals surface area contributed by atoms with Gasteiger partial charge < -0.3 is 0 Å². The molecule has 1 heterocycles. The summed E-state index contributed by atoms with van der Waals surface area (Å²) in [5.74, 6) is 0. The minimum Gasteiger partial charge on any atom is -0.268 e. The Balaban J connectivity index is 2.22. The van der Waals surface area contributed by atoms with Crippen LogP contribution in [0.15, 0.2) is 36.5 Å². The number of hydrogen-bond acceptors (Lipinski definition) is 2. The molecule has 2 rings (SSSR count). The minimum absolute atomic E-state index is 0.679. The maximum atomic E-state index is 8.71. The van der Waals surface area contributed by atoms with Crippen LogP contribution in [-0.2, 0) is 6.54 Å². The summed E-state index contributed by atoms with van der Waals surface area (Å²) in [5.41, 5.74) is 1.75. The van der Waals surface area contributed by atoms with Crippen molar-refractivity contribution in [3.05, 3.63) is 53.9 Å². The predicted octanol–water partition coefficient (Wildman–Crippen LogP) is 1.60. The molecule has 0 saturated carbocycles. The molecule has 1 radical (unpaired) electrons. The van der Waals surface area contributed by atoms with Crippen LogP contribution in [0.3, 0.4) is 0 Å². The number of nitriles is 1. The maximum absolute atomic E-state index is 8.71. The first-order valence-electron chi connectivity index (χ1n) is 4.27. The van der Waals surface area contributed by atoms with Gasteiger partial charge in [0.2, 0.25) is 0 Å². The molecule has 0 N–H and O–H groups in total. The van der Waals surface area contributed by atoms with E-state index in [4.69, 9.17) is 5.26 Å². The van der Waals surface area contributed by atoms with Crippen LogP contribution in [0.25, 0.3) is 0 Å². The topological polar surface area (TPSA) is 41.6 Å². The highest BCUT2D eigenvalue weighted by molar-refractivity contribution is 5.32. The summed E-state index contributed by atoms with van der Waals surface area (Å²) >= 11 is 0. The molecule has 2 aromatic rings. The average Bonchev–Trinajstić information content (AvgIpc) is 2.71. The van der Waals surface area contributed by atoms with E-state index in [9.17, 15) is 0 Å². The SMILES string of the molecule is N#Cc1cccc(Cn2cc[c]n2)c1. The van der Waals surface area contributed by atoms with E-state index in [1.54, 1.807) is 16.8 Å². The molecule has 0 atom stereocenters. The fraction of sp³-hybridized carbons (Fsp3) is 0.0909. The van der Waals surface area contributed by atoms with Gasteiger partial charge in [-0.15, -0.1) is 0 Å². The fourth-order valence-corrected chi connectivity index (χ4v) is 1.27. The van der Waals surface area contributed by atoms with Gasteiger partial charge in [0, 0.05) is 6.20 Å². The summed E-state index contributed by atoms with van der Waals surface area (Å²) in [7, 11) is 0. The summed E-state index contributed by atoms with van der Waals surface area (Å²) in [5, 5.41) is 12.7. The Hall–Kier alpha value is -2.08. The van der Waals surface area contributed by atoms with Gasteiger partial charge in [0.05, 0.1) is 18.2 Å². The highest BCUT2D eigenvalue weighted by atomic mass is 15.3. The zero-order valence-electron chi connectivity index (χ0n) is 7.51. The van der Waals surface area contributed by atoms with Crippen LogP contribution >= 0.6 is 0 Å². The molecular weight excluding hydrogens is 174 g/mol. The van der Waals surface area contributed by atoms with Gasteiger partial charge >= 0.3 is 0 Å². The number of aromatic nitrogens is 2. The first-order chi connectivity index (χ1) is 6.88. The van der Waals surface area contributed by atoms with Crippen molar-refractivity contribution in [3.63, 3.8) is 0 Å². The Morgan fingerprint density at radius 2 is 2.43 bits per heavy atom. The van der Waals surface area contributed by atoms with Gasteiger partial charge in [-0.2, -0.15) is 10.4 Å². The van der Waals surface area contributed by atoms with Gasteiger partial charge in [-0.05, 0) is 23.8 Å². The fourth-order valence-electron chi connectivity index (χ4n) is 1.27. The molecule has 67 valence electrons. The third kappa shape index (κ3) is 1.80. The van der Waals surface area contributed by atoms with Crippen molar-refractivity contribution in [3.8, 4) is 6.07 Å². The van der Waals surface area contributed by atoms with Crippen molar-refractivity contribution < 1.29 is 0 Å². The predicted molar refractivity (Wildman–Crippen MR) is 51.3 cm³/mol. The Morgan fingerprint density at radius 1 is 1.50 bits per heavy atom. The molecule has 0 bridgehead atoms. The average molecular weight is 182 g/mol. The third-order valence-corrected chi connectivity index (χ3v) is 1.91. The molecule has 3 nitrogen and oxygen atoms in total. The molecule has 1 aromatic heterocycles. The van der Waals surface area contributed by atoms with E-state index >= 15 is 0 Å². The van der Waals surface area contributed by atoms with Crippen molar-refractivity contribution in [2.75, 3.05) is 0 Å². The van der Waals surface area contributed by atoms with Crippen LogP contribution in [0.2, 0.25) is 0 Å². The van der Waals surface area contributed by atoms with Crippen LogP contribution in [-0.4, -0.2) is 9.78 Å². The van der Waals surface area contributed by atoms with Crippen LogP contribution in [0, 0.1) is 17.5 Å². The van der Waals surface area contributed by atoms with E-state index in [0.717, 1.165) is 5.56 Å². The summed E-state index contributed by atoms with van der Waals surface area (Å²) < 4.78 is 1.77. The second-order valence-corrected chi connectivity index (χ2v) is 2.95. The largest absolute Gasteiger partial charge is 0.268 e. The summed E-state index contributed by atoms with van der Waals surface area (Å²) in [6, 6.07) is 11.4. The van der Waals surface area contributed by atoms with Crippen LogP contribution in [0.1, 0.15) is 11.1 Å². The zero-order valence-corrected chi connectivity index (χ0v) is 7.51. The highest BCUT2D eigenvalue weighted by Crippen LogP contribution is 2.05. The van der Waals surface area contributed by atoms with Crippen LogP contribution in [0.5, 0.6) is 0 Å². The first-order valence-corrected chi connectivity index (χ1v) is 4.27. The minimum atomic E-state index is 0.679. The van der Waals surface area contributed by atoms with E-state index in [-0.39, 0.29) is 0 Å². The van der Waals surface area contributed by atoms with Crippen molar-refractivity contribution in [1.82, 2.24) is 9.78 Å². The number of benzene rings is 1. The number of hydrogen-bond donors (Lipinski definition) is 0. The van der Waals surface area contributed by atoms with Gasteiger partial charge in [0.1, 0.15) is 6.20 Å². The van der Waals surface area contributed by atoms with Crippen LogP contribution in [0.4, 0.5) is 0 Å². The van der Waals surface area contributed by atoms with E-state index in [2.05, 4.69) is 17.4 Å². The Morgan fingerprint density at radius 3 is 3.14 bits per heavy atom. The Bertz CT molecular complexity index is 452. The van der Waals surface area contributed by atoms with Crippen molar-refractivity contribution >= 4 is 0 Å². The molecular formula is C11H8N3. The lowest BCUT2D eigenvalue weighted by molar-refractivity contribution is 0.685. The van der Waals surface area contributed by atoms with E-state index in [1.807, 2.05) is 24.4 Å². The van der Waals surface area contributed by atoms with Gasteiger partial charge in [0.15, 0.2) is 0 Å². The third-order valence-electron chi connectivity index (χ3n) is 1.91. The molecule has 0 aliphatic heterocycles. The van der Waals surface area contributed by atoms with Gasteiger partial charge in [-0.3, -0.25) is 4.68 Å². The monoisotopic (exact) mass is 182 g/mol. The van der Waals surface area contributed by atoms with E-state index in [1.165, 1.54) is 0 Å². The van der Waals surface area contributed by atoms with Crippen molar-refractivity contribution in [2.45, 2.75) is 6.54 Å². The lowest BCUT2D eigenvalue weighted by atomic mass is 10.1. The van der Waals surface area contributed by atoms with Gasteiger partial charge in [-0.25, -0.2) is 0 Å². The summed E-state index contributed by atoms with van der Waals surface area (Å²) in [4.78, 5) is 0. The van der Waals surface area contributed by atoms with E-state index in [0.29, 0.717) is 12.1 Å². The molecule has 0 saturated heterocycles. The maximum Gasteiger partial charge on any atom is 0.113 e. The van der Waals surface area contributed by atoms with Crippen LogP contribution < -0.4 is 0 Å². The molecule has 1 aromatic carbocycles. The molecule has 0 fully saturated rings. The van der Waals surface area contributed by atoms with Crippen molar-refractivity contribution in [2.24, 2.45) is 0 Å². The normalized spacial score (nSPS) is 9.64. The molecule has 3 heteroatoms. The Kier molecular flexibility index (Phi) is 2.28. The summed E-state index contributed by atoms with van der Waals surface area (Å²) in [6.07, 6.45) is 4.57. The first kappa shape index (κ1) is 8.52. The second kappa shape index (κ2) is 3.75. The lowest BCUT2D eigenvalue weighted by Gasteiger charge is -2.01. The standard InChI is InChI=1S/C11H8N3/c12-8-10-3-1-4-11(7-10)9-14-6-2-5-13-14/h1-4,6-7H,9H2. The quantitative estimate of drug-likeness (QED) is 0.707. The molecule has 0 aliphatic carbocycles. The molecule has 14 heavy (non-hydrogen) atoms. The number of nitrogens with zero attached hydrogens (tertiary/aromatic N) is 3. The van der Waals surface area contributed by atoms with Crippen molar-refractivity contribution in [1.29, 1.82) is 5.26 Å². The molecule has 0 amide bonds. The molecule has 0 aliphatic rings. The number of rotatable bonds is 2. The second-order valence-electron chi connectivity index (χ2n) is 2.95. The molecule has 0 spiro atoms. The Labute approximate surface area is 82.2 Å².